The van der Waals surface area contributed by atoms with Gasteiger partial charge in [0.1, 0.15) is 17.3 Å². The minimum Gasteiger partial charge on any atom is -0.463 e. The summed E-state index contributed by atoms with van der Waals surface area (Å²) >= 11 is 0. The average molecular weight is 271 g/mol. The molecule has 3 aromatic rings. The van der Waals surface area contributed by atoms with Crippen LogP contribution in [0.25, 0.3) is 17.1 Å². The van der Waals surface area contributed by atoms with Crippen molar-refractivity contribution in [2.45, 2.75) is 26.3 Å². The Kier molecular flexibility index (Phi) is 2.67. The van der Waals surface area contributed by atoms with Crippen LogP contribution >= 0.6 is 0 Å². The van der Waals surface area contributed by atoms with E-state index in [9.17, 15) is 0 Å². The summed E-state index contributed by atoms with van der Waals surface area (Å²) in [7, 11) is 0. The number of fused-ring (bicyclic) bond motifs is 1. The predicted octanol–water partition coefficient (Wildman–Crippen LogP) is 2.78. The molecule has 3 N–H and O–H groups in total. The summed E-state index contributed by atoms with van der Waals surface area (Å²) in [5.41, 5.74) is 7.34. The van der Waals surface area contributed by atoms with Crippen LogP contribution in [0.2, 0.25) is 0 Å². The number of nitrogens with two attached hydrogens (primary N) is 1. The Morgan fingerprint density at radius 3 is 2.75 bits per heavy atom. The lowest BCUT2D eigenvalue weighted by atomic mass is 10.1. The van der Waals surface area contributed by atoms with Gasteiger partial charge in [0.05, 0.1) is 6.26 Å². The van der Waals surface area contributed by atoms with Crippen molar-refractivity contribution in [3.8, 4) is 11.5 Å². The van der Waals surface area contributed by atoms with Crippen LogP contribution in [0, 0.1) is 0 Å². The van der Waals surface area contributed by atoms with Crippen LogP contribution in [-0.4, -0.2) is 20.1 Å². The Morgan fingerprint density at radius 2 is 2.10 bits per heavy atom. The highest BCUT2D eigenvalue weighted by molar-refractivity contribution is 5.63. The van der Waals surface area contributed by atoms with E-state index in [2.05, 4.69) is 36.2 Å². The molecule has 6 nitrogen and oxygen atoms in total. The van der Waals surface area contributed by atoms with Crippen LogP contribution in [0.15, 0.2) is 34.9 Å². The molecular weight excluding hydrogens is 254 g/mol. The number of nitrogens with zero attached hydrogens (tertiary/aromatic N) is 3. The monoisotopic (exact) mass is 271 g/mol. The van der Waals surface area contributed by atoms with Crippen molar-refractivity contribution in [3.63, 3.8) is 0 Å². The molecule has 3 rings (SSSR count). The summed E-state index contributed by atoms with van der Waals surface area (Å²) in [5, 5.41) is 7.70. The third-order valence-corrected chi connectivity index (χ3v) is 2.73. The van der Waals surface area contributed by atoms with Crippen molar-refractivity contribution in [3.05, 3.63) is 30.5 Å². The van der Waals surface area contributed by atoms with Crippen LogP contribution in [0.3, 0.4) is 0 Å². The Bertz CT molecular complexity index is 737. The molecule has 0 saturated carbocycles. The fraction of sp³-hybridized carbons (Fsp3) is 0.286. The SMILES string of the molecule is CC(C)(C)Nc1cc(N)n2nc(-c3ccco3)cc2n1. The molecule has 0 unspecified atom stereocenters. The zero-order valence-electron chi connectivity index (χ0n) is 11.7. The Balaban J connectivity index is 2.08. The van der Waals surface area contributed by atoms with Crippen molar-refractivity contribution >= 4 is 17.3 Å². The zero-order valence-corrected chi connectivity index (χ0v) is 11.7. The molecule has 104 valence electrons. The molecule has 0 atom stereocenters. The Hall–Kier alpha value is -2.50. The van der Waals surface area contributed by atoms with Crippen molar-refractivity contribution in [1.82, 2.24) is 14.6 Å². The van der Waals surface area contributed by atoms with E-state index in [1.54, 1.807) is 16.8 Å². The van der Waals surface area contributed by atoms with Gasteiger partial charge < -0.3 is 15.5 Å². The third-order valence-electron chi connectivity index (χ3n) is 2.73. The first-order chi connectivity index (χ1) is 9.42. The number of anilines is 2. The maximum absolute atomic E-state index is 6.03. The number of nitrogen functional groups attached to an aromatic ring is 1. The lowest BCUT2D eigenvalue weighted by Gasteiger charge is -2.21. The van der Waals surface area contributed by atoms with Gasteiger partial charge in [-0.05, 0) is 32.9 Å². The largest absolute Gasteiger partial charge is 0.463 e. The fourth-order valence-electron chi connectivity index (χ4n) is 1.99. The lowest BCUT2D eigenvalue weighted by molar-refractivity contribution is 0.579. The van der Waals surface area contributed by atoms with Crippen LogP contribution in [0.1, 0.15) is 20.8 Å². The summed E-state index contributed by atoms with van der Waals surface area (Å²) in [5.74, 6) is 1.95. The molecule has 0 radical (unpaired) electrons. The summed E-state index contributed by atoms with van der Waals surface area (Å²) in [6.07, 6.45) is 1.61. The predicted molar refractivity (Wildman–Crippen MR) is 78.5 cm³/mol. The van der Waals surface area contributed by atoms with Gasteiger partial charge in [0, 0.05) is 17.7 Å². The van der Waals surface area contributed by atoms with Crippen LogP contribution in [-0.2, 0) is 0 Å². The fourth-order valence-corrected chi connectivity index (χ4v) is 1.99. The molecule has 6 heteroatoms. The van der Waals surface area contributed by atoms with E-state index in [1.165, 1.54) is 0 Å². The second-order valence-electron chi connectivity index (χ2n) is 5.72. The van der Waals surface area contributed by atoms with E-state index < -0.39 is 0 Å². The van der Waals surface area contributed by atoms with E-state index in [1.807, 2.05) is 18.2 Å². The van der Waals surface area contributed by atoms with Crippen molar-refractivity contribution in [2.24, 2.45) is 0 Å². The highest BCUT2D eigenvalue weighted by Gasteiger charge is 2.14. The smallest absolute Gasteiger partial charge is 0.160 e. The number of furan rings is 1. The topological polar surface area (TPSA) is 81.4 Å². The molecule has 0 aliphatic carbocycles. The van der Waals surface area contributed by atoms with Crippen LogP contribution < -0.4 is 11.1 Å². The summed E-state index contributed by atoms with van der Waals surface area (Å²) in [4.78, 5) is 4.52. The van der Waals surface area contributed by atoms with Gasteiger partial charge in [0.15, 0.2) is 11.4 Å². The van der Waals surface area contributed by atoms with Gasteiger partial charge in [-0.3, -0.25) is 0 Å². The Labute approximate surface area is 116 Å². The van der Waals surface area contributed by atoms with Crippen molar-refractivity contribution in [2.75, 3.05) is 11.1 Å². The van der Waals surface area contributed by atoms with Gasteiger partial charge >= 0.3 is 0 Å². The molecular formula is C14H17N5O. The molecule has 0 aliphatic rings. The third kappa shape index (κ3) is 2.32. The molecule has 3 aromatic heterocycles. The number of nitrogens with one attached hydrogen (secondary N) is 1. The van der Waals surface area contributed by atoms with E-state index in [-0.39, 0.29) is 5.54 Å². The minimum absolute atomic E-state index is 0.0817. The number of aromatic nitrogens is 3. The van der Waals surface area contributed by atoms with Crippen molar-refractivity contribution < 1.29 is 4.42 Å². The first-order valence-electron chi connectivity index (χ1n) is 6.41. The van der Waals surface area contributed by atoms with Gasteiger partial charge in [0.25, 0.3) is 0 Å². The van der Waals surface area contributed by atoms with Gasteiger partial charge in [-0.2, -0.15) is 9.61 Å². The maximum atomic E-state index is 6.03. The molecule has 0 bridgehead atoms. The summed E-state index contributed by atoms with van der Waals surface area (Å²) in [6.45, 7) is 6.21. The van der Waals surface area contributed by atoms with Crippen LogP contribution in [0.5, 0.6) is 0 Å². The standard InChI is InChI=1S/C14H17N5O/c1-14(2,3)17-12-8-11(15)19-13(16-12)7-9(18-19)10-5-4-6-20-10/h4-8H,15H2,1-3H3,(H,16,17). The molecule has 0 aliphatic heterocycles. The average Bonchev–Trinajstić information content (AvgIpc) is 2.93. The molecule has 0 amide bonds. The Morgan fingerprint density at radius 1 is 1.30 bits per heavy atom. The summed E-state index contributed by atoms with van der Waals surface area (Å²) in [6, 6.07) is 7.30. The number of hydrogen-bond donors (Lipinski definition) is 2. The van der Waals surface area contributed by atoms with Gasteiger partial charge in [-0.1, -0.05) is 0 Å². The number of rotatable bonds is 2. The van der Waals surface area contributed by atoms with E-state index in [4.69, 9.17) is 10.2 Å². The molecule has 0 fully saturated rings. The zero-order chi connectivity index (χ0) is 14.3. The number of hydrogen-bond acceptors (Lipinski definition) is 5. The first kappa shape index (κ1) is 12.5. The van der Waals surface area contributed by atoms with E-state index in [0.717, 1.165) is 5.82 Å². The molecule has 20 heavy (non-hydrogen) atoms. The molecule has 0 aromatic carbocycles. The van der Waals surface area contributed by atoms with Gasteiger partial charge in [-0.25, -0.2) is 4.98 Å². The molecule has 3 heterocycles. The minimum atomic E-state index is -0.0817. The second kappa shape index (κ2) is 4.26. The second-order valence-corrected chi connectivity index (χ2v) is 5.72. The highest BCUT2D eigenvalue weighted by Crippen LogP contribution is 2.23. The van der Waals surface area contributed by atoms with Gasteiger partial charge in [-0.15, -0.1) is 0 Å². The lowest BCUT2D eigenvalue weighted by Crippen LogP contribution is -2.26. The summed E-state index contributed by atoms with van der Waals surface area (Å²) < 4.78 is 6.94. The van der Waals surface area contributed by atoms with Crippen LogP contribution in [0.4, 0.5) is 11.6 Å². The first-order valence-corrected chi connectivity index (χ1v) is 6.41. The molecule has 0 saturated heterocycles. The van der Waals surface area contributed by atoms with Gasteiger partial charge in [0.2, 0.25) is 0 Å². The van der Waals surface area contributed by atoms with E-state index in [0.29, 0.717) is 22.9 Å². The normalized spacial score (nSPS) is 11.9. The van der Waals surface area contributed by atoms with Crippen molar-refractivity contribution in [1.29, 1.82) is 0 Å². The maximum Gasteiger partial charge on any atom is 0.160 e. The highest BCUT2D eigenvalue weighted by atomic mass is 16.3. The van der Waals surface area contributed by atoms with E-state index >= 15 is 0 Å². The molecule has 0 spiro atoms. The quantitative estimate of drug-likeness (QED) is 0.749.